The van der Waals surface area contributed by atoms with Crippen molar-refractivity contribution < 1.29 is 9.84 Å². The van der Waals surface area contributed by atoms with Gasteiger partial charge in [0.2, 0.25) is 0 Å². The van der Waals surface area contributed by atoms with Crippen molar-refractivity contribution >= 4 is 0 Å². The van der Waals surface area contributed by atoms with Crippen LogP contribution in [0.1, 0.15) is 31.7 Å². The molecule has 0 spiro atoms. The highest BCUT2D eigenvalue weighted by molar-refractivity contribution is 5.33. The zero-order valence-corrected chi connectivity index (χ0v) is 9.65. The fourth-order valence-corrected chi connectivity index (χ4v) is 1.70. The molecule has 2 rings (SSSR count). The molecule has 0 aliphatic heterocycles. The molecule has 1 aromatic carbocycles. The number of aliphatic hydroxyl groups is 1. The first-order valence-electron chi connectivity index (χ1n) is 5.87. The van der Waals surface area contributed by atoms with Crippen LogP contribution in [-0.2, 0) is 5.60 Å². The van der Waals surface area contributed by atoms with Crippen molar-refractivity contribution in [1.82, 2.24) is 0 Å². The maximum atomic E-state index is 10.3. The van der Waals surface area contributed by atoms with Gasteiger partial charge in [0, 0.05) is 6.54 Å². The van der Waals surface area contributed by atoms with Gasteiger partial charge in [0.15, 0.2) is 0 Å². The fourth-order valence-electron chi connectivity index (χ4n) is 1.70. The van der Waals surface area contributed by atoms with Crippen molar-refractivity contribution in [1.29, 1.82) is 0 Å². The molecule has 0 aromatic heterocycles. The molecule has 1 fully saturated rings. The lowest BCUT2D eigenvalue weighted by atomic mass is 9.91. The highest BCUT2D eigenvalue weighted by atomic mass is 16.5. The van der Waals surface area contributed by atoms with Crippen LogP contribution in [0.5, 0.6) is 5.75 Å². The Balaban J connectivity index is 2.19. The summed E-state index contributed by atoms with van der Waals surface area (Å²) in [5, 5.41) is 10.3. The summed E-state index contributed by atoms with van der Waals surface area (Å²) >= 11 is 0. The van der Waals surface area contributed by atoms with Gasteiger partial charge >= 0.3 is 0 Å². The van der Waals surface area contributed by atoms with Gasteiger partial charge < -0.3 is 15.6 Å². The zero-order chi connectivity index (χ0) is 11.6. The van der Waals surface area contributed by atoms with E-state index in [1.165, 1.54) is 0 Å². The minimum absolute atomic E-state index is 0.233. The molecule has 3 nitrogen and oxygen atoms in total. The summed E-state index contributed by atoms with van der Waals surface area (Å²) in [6.45, 7) is 2.16. The molecule has 1 aromatic rings. The lowest BCUT2D eigenvalue weighted by Crippen LogP contribution is -2.34. The van der Waals surface area contributed by atoms with E-state index in [1.54, 1.807) is 0 Å². The fraction of sp³-hybridized carbons (Fsp3) is 0.538. The van der Waals surface area contributed by atoms with E-state index in [-0.39, 0.29) is 6.54 Å². The smallest absolute Gasteiger partial charge is 0.120 e. The van der Waals surface area contributed by atoms with Crippen LogP contribution in [0, 0.1) is 0 Å². The molecule has 3 N–H and O–H groups in total. The van der Waals surface area contributed by atoms with Crippen LogP contribution < -0.4 is 10.5 Å². The van der Waals surface area contributed by atoms with Crippen molar-refractivity contribution in [3.05, 3.63) is 29.8 Å². The van der Waals surface area contributed by atoms with Gasteiger partial charge in [0.05, 0.1) is 6.10 Å². The molecule has 1 aliphatic carbocycles. The molecular formula is C13H19NO2. The number of hydrogen-bond acceptors (Lipinski definition) is 3. The maximum absolute atomic E-state index is 10.3. The topological polar surface area (TPSA) is 55.5 Å². The van der Waals surface area contributed by atoms with E-state index in [0.29, 0.717) is 12.5 Å². The van der Waals surface area contributed by atoms with Crippen LogP contribution in [-0.4, -0.2) is 17.8 Å². The van der Waals surface area contributed by atoms with Gasteiger partial charge in [-0.25, -0.2) is 0 Å². The Kier molecular flexibility index (Phi) is 3.17. The van der Waals surface area contributed by atoms with Gasteiger partial charge in [0.1, 0.15) is 11.4 Å². The number of benzene rings is 1. The highest BCUT2D eigenvalue weighted by Gasteiger charge is 2.27. The monoisotopic (exact) mass is 221 g/mol. The summed E-state index contributed by atoms with van der Waals surface area (Å²) < 4.78 is 5.70. The van der Waals surface area contributed by atoms with Crippen LogP contribution in [0.4, 0.5) is 0 Å². The first-order valence-corrected chi connectivity index (χ1v) is 5.87. The van der Waals surface area contributed by atoms with Gasteiger partial charge in [0.25, 0.3) is 0 Å². The Bertz CT molecular complexity index is 357. The molecule has 0 amide bonds. The third kappa shape index (κ3) is 2.36. The summed E-state index contributed by atoms with van der Waals surface area (Å²) in [6.07, 6.45) is 3.26. The Hall–Kier alpha value is -1.06. The van der Waals surface area contributed by atoms with Gasteiger partial charge in [-0.1, -0.05) is 19.1 Å². The molecule has 1 atom stereocenters. The van der Waals surface area contributed by atoms with E-state index in [2.05, 4.69) is 0 Å². The highest BCUT2D eigenvalue weighted by Crippen LogP contribution is 2.30. The van der Waals surface area contributed by atoms with Crippen molar-refractivity contribution in [2.24, 2.45) is 5.73 Å². The Morgan fingerprint density at radius 2 is 2.25 bits per heavy atom. The van der Waals surface area contributed by atoms with E-state index in [9.17, 15) is 5.11 Å². The van der Waals surface area contributed by atoms with E-state index < -0.39 is 5.60 Å². The predicted octanol–water partition coefficient (Wildman–Crippen LogP) is 1.78. The summed E-state index contributed by atoms with van der Waals surface area (Å²) in [5.41, 5.74) is 5.54. The van der Waals surface area contributed by atoms with Crippen molar-refractivity contribution in [2.45, 2.75) is 37.9 Å². The summed E-state index contributed by atoms with van der Waals surface area (Å²) in [5.74, 6) is 0.834. The number of nitrogens with two attached hydrogens (primary N) is 1. The molecule has 0 bridgehead atoms. The van der Waals surface area contributed by atoms with E-state index in [0.717, 1.165) is 24.2 Å². The third-order valence-electron chi connectivity index (χ3n) is 3.12. The van der Waals surface area contributed by atoms with Crippen molar-refractivity contribution in [3.63, 3.8) is 0 Å². The second-order valence-electron chi connectivity index (χ2n) is 4.43. The molecule has 1 unspecified atom stereocenters. The van der Waals surface area contributed by atoms with Gasteiger partial charge in [-0.3, -0.25) is 0 Å². The van der Waals surface area contributed by atoms with Gasteiger partial charge in [-0.2, -0.15) is 0 Å². The molecule has 1 aliphatic rings. The summed E-state index contributed by atoms with van der Waals surface area (Å²) in [6, 6.07) is 7.63. The van der Waals surface area contributed by atoms with Crippen LogP contribution in [0.3, 0.4) is 0 Å². The predicted molar refractivity (Wildman–Crippen MR) is 63.3 cm³/mol. The first kappa shape index (κ1) is 11.4. The third-order valence-corrected chi connectivity index (χ3v) is 3.12. The first-order chi connectivity index (χ1) is 7.68. The minimum atomic E-state index is -0.928. The Labute approximate surface area is 96.2 Å². The largest absolute Gasteiger partial charge is 0.490 e. The normalized spacial score (nSPS) is 19.2. The van der Waals surface area contributed by atoms with Crippen molar-refractivity contribution in [3.8, 4) is 5.75 Å². The molecule has 16 heavy (non-hydrogen) atoms. The number of hydrogen-bond donors (Lipinski definition) is 2. The molecule has 1 saturated carbocycles. The maximum Gasteiger partial charge on any atom is 0.120 e. The molecular weight excluding hydrogens is 202 g/mol. The van der Waals surface area contributed by atoms with Crippen LogP contribution in [0.2, 0.25) is 0 Å². The summed E-state index contributed by atoms with van der Waals surface area (Å²) in [7, 11) is 0. The molecule has 0 radical (unpaired) electrons. The van der Waals surface area contributed by atoms with Crippen molar-refractivity contribution in [2.75, 3.05) is 6.54 Å². The second kappa shape index (κ2) is 4.44. The quantitative estimate of drug-likeness (QED) is 0.797. The van der Waals surface area contributed by atoms with E-state index >= 15 is 0 Å². The average molecular weight is 221 g/mol. The SMILES string of the molecule is CCC(O)(CN)c1cccc(OC2CC2)c1. The zero-order valence-electron chi connectivity index (χ0n) is 9.65. The lowest BCUT2D eigenvalue weighted by Gasteiger charge is -2.25. The van der Waals surface area contributed by atoms with Gasteiger partial charge in [-0.15, -0.1) is 0 Å². The van der Waals surface area contributed by atoms with E-state index in [1.807, 2.05) is 31.2 Å². The minimum Gasteiger partial charge on any atom is -0.490 e. The van der Waals surface area contributed by atoms with Crippen LogP contribution in [0.25, 0.3) is 0 Å². The molecule has 0 saturated heterocycles. The lowest BCUT2D eigenvalue weighted by molar-refractivity contribution is 0.0416. The van der Waals surface area contributed by atoms with Gasteiger partial charge in [-0.05, 0) is 37.0 Å². The van der Waals surface area contributed by atoms with E-state index in [4.69, 9.17) is 10.5 Å². The van der Waals surface area contributed by atoms with Crippen LogP contribution >= 0.6 is 0 Å². The Morgan fingerprint density at radius 3 is 2.81 bits per heavy atom. The molecule has 88 valence electrons. The summed E-state index contributed by atoms with van der Waals surface area (Å²) in [4.78, 5) is 0. The Morgan fingerprint density at radius 1 is 1.50 bits per heavy atom. The molecule has 3 heteroatoms. The average Bonchev–Trinajstić information content (AvgIpc) is 3.12. The number of ether oxygens (including phenoxy) is 1. The van der Waals surface area contributed by atoms with Crippen LogP contribution in [0.15, 0.2) is 24.3 Å². The number of rotatable bonds is 5. The molecule has 0 heterocycles. The standard InChI is InChI=1S/C13H19NO2/c1-2-13(15,9-14)10-4-3-5-12(8-10)16-11-6-7-11/h3-5,8,11,15H,2,6-7,9,14H2,1H3. The second-order valence-corrected chi connectivity index (χ2v) is 4.43.